The van der Waals surface area contributed by atoms with Crippen molar-refractivity contribution in [2.24, 2.45) is 0 Å². The Bertz CT molecular complexity index is 947. The van der Waals surface area contributed by atoms with Crippen LogP contribution in [0.2, 0.25) is 0 Å². The third-order valence-corrected chi connectivity index (χ3v) is 5.20. The van der Waals surface area contributed by atoms with Crippen molar-refractivity contribution in [3.63, 3.8) is 0 Å². The summed E-state index contributed by atoms with van der Waals surface area (Å²) in [7, 11) is 0. The van der Waals surface area contributed by atoms with Crippen LogP contribution in [0, 0.1) is 5.82 Å². The molecule has 1 aromatic carbocycles. The first-order valence-electron chi connectivity index (χ1n) is 9.83. The molecule has 1 saturated carbocycles. The monoisotopic (exact) mass is 381 g/mol. The molecule has 0 atom stereocenters. The second-order valence-corrected chi connectivity index (χ2v) is 7.17. The van der Waals surface area contributed by atoms with Gasteiger partial charge in [0.15, 0.2) is 5.65 Å². The molecular weight excluding hydrogens is 357 g/mol. The number of pyridine rings is 1. The van der Waals surface area contributed by atoms with Crippen LogP contribution in [0.1, 0.15) is 44.0 Å². The molecule has 0 bridgehead atoms. The number of carbonyl (C=O) groups is 1. The van der Waals surface area contributed by atoms with Crippen molar-refractivity contribution in [2.45, 2.75) is 44.6 Å². The van der Waals surface area contributed by atoms with Gasteiger partial charge in [-0.05, 0) is 49.2 Å². The lowest BCUT2D eigenvalue weighted by Crippen LogP contribution is -2.31. The molecule has 146 valence electrons. The van der Waals surface area contributed by atoms with E-state index >= 15 is 0 Å². The molecule has 6 nitrogen and oxygen atoms in total. The average Bonchev–Trinajstić information content (AvgIpc) is 3.08. The molecule has 2 amide bonds. The summed E-state index contributed by atoms with van der Waals surface area (Å²) >= 11 is 0. The van der Waals surface area contributed by atoms with E-state index < -0.39 is 0 Å². The van der Waals surface area contributed by atoms with Gasteiger partial charge in [0.05, 0.1) is 0 Å². The highest BCUT2D eigenvalue weighted by molar-refractivity contribution is 5.89. The van der Waals surface area contributed by atoms with Gasteiger partial charge < -0.3 is 15.2 Å². The number of carbonyl (C=O) groups excluding carboxylic acids is 1. The molecule has 0 radical (unpaired) electrons. The fourth-order valence-corrected chi connectivity index (χ4v) is 3.87. The number of nitrogens with one attached hydrogen (secondary N) is 2. The molecule has 0 aliphatic heterocycles. The van der Waals surface area contributed by atoms with E-state index in [-0.39, 0.29) is 11.8 Å². The number of benzene rings is 1. The van der Waals surface area contributed by atoms with E-state index in [1.807, 2.05) is 18.3 Å². The lowest BCUT2D eigenvalue weighted by Gasteiger charge is -2.25. The van der Waals surface area contributed by atoms with Crippen LogP contribution >= 0.6 is 0 Å². The molecule has 0 unspecified atom stereocenters. The Morgan fingerprint density at radius 2 is 1.93 bits per heavy atom. The lowest BCUT2D eigenvalue weighted by molar-refractivity contribution is 0.252. The average molecular weight is 381 g/mol. The predicted molar refractivity (Wildman–Crippen MR) is 107 cm³/mol. The number of imidazole rings is 1. The molecule has 1 aliphatic rings. The van der Waals surface area contributed by atoms with Gasteiger partial charge >= 0.3 is 6.03 Å². The number of hydrogen-bond acceptors (Lipinski definition) is 3. The van der Waals surface area contributed by atoms with Crippen molar-refractivity contribution >= 4 is 22.9 Å². The number of aromatic nitrogens is 3. The largest absolute Gasteiger partial charge is 0.337 e. The second-order valence-electron chi connectivity index (χ2n) is 7.17. The van der Waals surface area contributed by atoms with Gasteiger partial charge in [0.1, 0.15) is 17.2 Å². The first kappa shape index (κ1) is 18.4. The second kappa shape index (κ2) is 8.37. The number of halogens is 1. The van der Waals surface area contributed by atoms with E-state index in [1.54, 1.807) is 0 Å². The maximum atomic E-state index is 13.0. The molecule has 2 heterocycles. The third kappa shape index (κ3) is 4.13. The summed E-state index contributed by atoms with van der Waals surface area (Å²) in [4.78, 5) is 21.4. The molecule has 2 aromatic heterocycles. The van der Waals surface area contributed by atoms with Crippen LogP contribution in [0.25, 0.3) is 11.2 Å². The molecule has 3 aromatic rings. The highest BCUT2D eigenvalue weighted by atomic mass is 19.1. The minimum atomic E-state index is -0.332. The predicted octanol–water partition coefficient (Wildman–Crippen LogP) is 4.44. The maximum Gasteiger partial charge on any atom is 0.319 e. The standard InChI is InChI=1S/C21H24FN5O/c22-15-8-10-16(11-9-15)25-21(28)24-14-12-19-26-18-7-4-13-23-20(18)27(19)17-5-2-1-3-6-17/h4,7-11,13,17H,1-3,5-6,12,14H2,(H2,24,25,28). The Morgan fingerprint density at radius 1 is 1.14 bits per heavy atom. The van der Waals surface area contributed by atoms with Gasteiger partial charge in [0.2, 0.25) is 0 Å². The smallest absolute Gasteiger partial charge is 0.319 e. The zero-order valence-corrected chi connectivity index (χ0v) is 15.7. The normalized spacial score (nSPS) is 14.9. The van der Waals surface area contributed by atoms with Gasteiger partial charge in [-0.1, -0.05) is 19.3 Å². The minimum absolute atomic E-state index is 0.315. The molecule has 2 N–H and O–H groups in total. The Kier molecular flexibility index (Phi) is 5.50. The molecule has 28 heavy (non-hydrogen) atoms. The summed E-state index contributed by atoms with van der Waals surface area (Å²) in [6.45, 7) is 0.461. The van der Waals surface area contributed by atoms with Crippen molar-refractivity contribution in [1.82, 2.24) is 19.9 Å². The Hall–Kier alpha value is -2.96. The zero-order chi connectivity index (χ0) is 19.3. The Morgan fingerprint density at radius 3 is 2.71 bits per heavy atom. The SMILES string of the molecule is O=C(NCCc1nc2cccnc2n1C1CCCCC1)Nc1ccc(F)cc1. The van der Waals surface area contributed by atoms with Crippen molar-refractivity contribution in [2.75, 3.05) is 11.9 Å². The van der Waals surface area contributed by atoms with Crippen LogP contribution < -0.4 is 10.6 Å². The van der Waals surface area contributed by atoms with E-state index in [0.29, 0.717) is 24.7 Å². The van der Waals surface area contributed by atoms with Gasteiger partial charge in [0.25, 0.3) is 0 Å². The minimum Gasteiger partial charge on any atom is -0.337 e. The van der Waals surface area contributed by atoms with Gasteiger partial charge in [-0.15, -0.1) is 0 Å². The topological polar surface area (TPSA) is 71.8 Å². The van der Waals surface area contributed by atoms with Crippen LogP contribution in [0.4, 0.5) is 14.9 Å². The van der Waals surface area contributed by atoms with E-state index in [4.69, 9.17) is 4.98 Å². The van der Waals surface area contributed by atoms with Gasteiger partial charge in [0, 0.05) is 30.9 Å². The van der Waals surface area contributed by atoms with Crippen LogP contribution in [0.3, 0.4) is 0 Å². The lowest BCUT2D eigenvalue weighted by atomic mass is 9.95. The fraction of sp³-hybridized carbons (Fsp3) is 0.381. The van der Waals surface area contributed by atoms with Crippen molar-refractivity contribution in [3.05, 3.63) is 54.2 Å². The summed E-state index contributed by atoms with van der Waals surface area (Å²) < 4.78 is 15.2. The van der Waals surface area contributed by atoms with Crippen LogP contribution in [0.5, 0.6) is 0 Å². The highest BCUT2D eigenvalue weighted by Crippen LogP contribution is 2.31. The molecule has 7 heteroatoms. The summed E-state index contributed by atoms with van der Waals surface area (Å²) in [6.07, 6.45) is 8.48. The van der Waals surface area contributed by atoms with E-state index in [1.165, 1.54) is 43.5 Å². The molecule has 4 rings (SSSR count). The molecule has 1 aliphatic carbocycles. The van der Waals surface area contributed by atoms with Gasteiger partial charge in [-0.25, -0.2) is 19.2 Å². The number of nitrogens with zero attached hydrogens (tertiary/aromatic N) is 3. The molecule has 1 fully saturated rings. The highest BCUT2D eigenvalue weighted by Gasteiger charge is 2.21. The summed E-state index contributed by atoms with van der Waals surface area (Å²) in [5.41, 5.74) is 2.39. The number of anilines is 1. The number of amides is 2. The summed E-state index contributed by atoms with van der Waals surface area (Å²) in [5.74, 6) is 0.629. The number of hydrogen-bond donors (Lipinski definition) is 2. The maximum absolute atomic E-state index is 13.0. The molecule has 0 spiro atoms. The van der Waals surface area contributed by atoms with Gasteiger partial charge in [-0.3, -0.25) is 0 Å². The number of rotatable bonds is 5. The van der Waals surface area contributed by atoms with Crippen molar-refractivity contribution in [1.29, 1.82) is 0 Å². The zero-order valence-electron chi connectivity index (χ0n) is 15.7. The first-order chi connectivity index (χ1) is 13.7. The molecule has 0 saturated heterocycles. The van der Waals surface area contributed by atoms with Crippen LogP contribution in [-0.4, -0.2) is 27.1 Å². The van der Waals surface area contributed by atoms with E-state index in [9.17, 15) is 9.18 Å². The van der Waals surface area contributed by atoms with Crippen molar-refractivity contribution in [3.8, 4) is 0 Å². The Balaban J connectivity index is 1.42. The quantitative estimate of drug-likeness (QED) is 0.686. The molecular formula is C21H24FN5O. The van der Waals surface area contributed by atoms with Crippen molar-refractivity contribution < 1.29 is 9.18 Å². The van der Waals surface area contributed by atoms with E-state index in [0.717, 1.165) is 29.8 Å². The van der Waals surface area contributed by atoms with Gasteiger partial charge in [-0.2, -0.15) is 0 Å². The number of urea groups is 1. The Labute approximate surface area is 163 Å². The first-order valence-corrected chi connectivity index (χ1v) is 9.83. The third-order valence-electron chi connectivity index (χ3n) is 5.20. The summed E-state index contributed by atoms with van der Waals surface area (Å²) in [6, 6.07) is 9.69. The number of fused-ring (bicyclic) bond motifs is 1. The fourth-order valence-electron chi connectivity index (χ4n) is 3.87. The van der Waals surface area contributed by atoms with E-state index in [2.05, 4.69) is 20.2 Å². The van der Waals surface area contributed by atoms with Crippen LogP contribution in [0.15, 0.2) is 42.6 Å². The van der Waals surface area contributed by atoms with Crippen LogP contribution in [-0.2, 0) is 6.42 Å². The summed E-state index contributed by atoms with van der Waals surface area (Å²) in [5, 5.41) is 5.55.